The van der Waals surface area contributed by atoms with Gasteiger partial charge >= 0.3 is 0 Å². The SMILES string of the molecule is C=C[C@H]1CC[C@H](C=C)[C@@H](C)O1. The summed E-state index contributed by atoms with van der Waals surface area (Å²) in [7, 11) is 0. The Morgan fingerprint density at radius 2 is 2.00 bits per heavy atom. The first-order valence-corrected chi connectivity index (χ1v) is 4.18. The van der Waals surface area contributed by atoms with Crippen LogP contribution in [0.1, 0.15) is 19.8 Å². The quantitative estimate of drug-likeness (QED) is 0.552. The van der Waals surface area contributed by atoms with Gasteiger partial charge in [0, 0.05) is 5.92 Å². The number of rotatable bonds is 2. The molecule has 1 aliphatic rings. The highest BCUT2D eigenvalue weighted by molar-refractivity contribution is 4.92. The van der Waals surface area contributed by atoms with E-state index in [1.165, 1.54) is 6.42 Å². The summed E-state index contributed by atoms with van der Waals surface area (Å²) in [5.41, 5.74) is 0. The third-order valence-electron chi connectivity index (χ3n) is 2.34. The maximum Gasteiger partial charge on any atom is 0.0757 e. The third kappa shape index (κ3) is 1.93. The van der Waals surface area contributed by atoms with Crippen molar-refractivity contribution in [3.05, 3.63) is 25.3 Å². The minimum atomic E-state index is 0.265. The van der Waals surface area contributed by atoms with Gasteiger partial charge < -0.3 is 4.74 Å². The minimum Gasteiger partial charge on any atom is -0.371 e. The molecule has 0 amide bonds. The van der Waals surface area contributed by atoms with Crippen LogP contribution < -0.4 is 0 Å². The summed E-state index contributed by atoms with van der Waals surface area (Å²) >= 11 is 0. The Labute approximate surface area is 68.8 Å². The van der Waals surface area contributed by atoms with Crippen LogP contribution in [0.15, 0.2) is 25.3 Å². The summed E-state index contributed by atoms with van der Waals surface area (Å²) in [4.78, 5) is 0. The van der Waals surface area contributed by atoms with Gasteiger partial charge in [0.1, 0.15) is 0 Å². The summed E-state index contributed by atoms with van der Waals surface area (Å²) < 4.78 is 5.65. The molecule has 0 aromatic heterocycles. The molecule has 0 aromatic rings. The van der Waals surface area contributed by atoms with Crippen molar-refractivity contribution in [1.82, 2.24) is 0 Å². The second-order valence-corrected chi connectivity index (χ2v) is 3.09. The molecular weight excluding hydrogens is 136 g/mol. The van der Waals surface area contributed by atoms with Gasteiger partial charge in [-0.2, -0.15) is 0 Å². The summed E-state index contributed by atoms with van der Waals surface area (Å²) in [5, 5.41) is 0. The fraction of sp³-hybridized carbons (Fsp3) is 0.600. The maximum absolute atomic E-state index is 5.65. The van der Waals surface area contributed by atoms with Crippen LogP contribution in [0.25, 0.3) is 0 Å². The highest BCUT2D eigenvalue weighted by Crippen LogP contribution is 2.25. The van der Waals surface area contributed by atoms with Crippen molar-refractivity contribution < 1.29 is 4.74 Å². The molecule has 1 fully saturated rings. The van der Waals surface area contributed by atoms with E-state index in [9.17, 15) is 0 Å². The van der Waals surface area contributed by atoms with E-state index < -0.39 is 0 Å². The zero-order chi connectivity index (χ0) is 8.27. The minimum absolute atomic E-state index is 0.265. The van der Waals surface area contributed by atoms with Gasteiger partial charge in [0.15, 0.2) is 0 Å². The largest absolute Gasteiger partial charge is 0.371 e. The first-order chi connectivity index (χ1) is 5.27. The van der Waals surface area contributed by atoms with Crippen molar-refractivity contribution in [1.29, 1.82) is 0 Å². The van der Waals surface area contributed by atoms with Crippen LogP contribution in [0.4, 0.5) is 0 Å². The zero-order valence-electron chi connectivity index (χ0n) is 7.12. The summed E-state index contributed by atoms with van der Waals surface area (Å²) in [5.74, 6) is 0.534. The van der Waals surface area contributed by atoms with Crippen LogP contribution in [0, 0.1) is 5.92 Å². The van der Waals surface area contributed by atoms with Crippen LogP contribution in [0.3, 0.4) is 0 Å². The molecule has 0 bridgehead atoms. The summed E-state index contributed by atoms with van der Waals surface area (Å²) in [6, 6.07) is 0. The number of ether oxygens (including phenoxy) is 1. The van der Waals surface area contributed by atoms with Gasteiger partial charge in [0.25, 0.3) is 0 Å². The molecule has 1 rings (SSSR count). The Kier molecular flexibility index (Phi) is 2.89. The van der Waals surface area contributed by atoms with Gasteiger partial charge in [-0.25, -0.2) is 0 Å². The van der Waals surface area contributed by atoms with Gasteiger partial charge in [0.2, 0.25) is 0 Å². The van der Waals surface area contributed by atoms with Gasteiger partial charge in [0.05, 0.1) is 12.2 Å². The standard InChI is InChI=1S/C10H16O/c1-4-9-6-7-10(5-2)11-8(9)3/h4-5,8-10H,1-2,6-7H2,3H3/t8-,9+,10+/m1/s1. The normalized spacial score (nSPS) is 38.1. The Morgan fingerprint density at radius 3 is 2.45 bits per heavy atom. The molecule has 1 aliphatic heterocycles. The highest BCUT2D eigenvalue weighted by atomic mass is 16.5. The predicted octanol–water partition coefficient (Wildman–Crippen LogP) is 2.54. The molecule has 0 radical (unpaired) electrons. The van der Waals surface area contributed by atoms with E-state index in [4.69, 9.17) is 4.74 Å². The Balaban J connectivity index is 2.46. The fourth-order valence-electron chi connectivity index (χ4n) is 1.52. The second kappa shape index (κ2) is 3.72. The molecule has 62 valence electrons. The molecule has 1 heteroatoms. The van der Waals surface area contributed by atoms with Crippen LogP contribution >= 0.6 is 0 Å². The molecule has 1 heterocycles. The molecule has 0 N–H and O–H groups in total. The van der Waals surface area contributed by atoms with Crippen molar-refractivity contribution in [2.24, 2.45) is 5.92 Å². The van der Waals surface area contributed by atoms with Crippen molar-refractivity contribution in [2.75, 3.05) is 0 Å². The molecule has 11 heavy (non-hydrogen) atoms. The first-order valence-electron chi connectivity index (χ1n) is 4.18. The molecule has 0 saturated carbocycles. The van der Waals surface area contributed by atoms with Crippen molar-refractivity contribution in [3.8, 4) is 0 Å². The van der Waals surface area contributed by atoms with Crippen molar-refractivity contribution in [3.63, 3.8) is 0 Å². The summed E-state index contributed by atoms with van der Waals surface area (Å²) in [6.07, 6.45) is 6.72. The molecule has 0 aliphatic carbocycles. The van der Waals surface area contributed by atoms with Gasteiger partial charge in [-0.15, -0.1) is 13.2 Å². The Morgan fingerprint density at radius 1 is 1.27 bits per heavy atom. The van der Waals surface area contributed by atoms with E-state index in [2.05, 4.69) is 20.1 Å². The van der Waals surface area contributed by atoms with Crippen LogP contribution in [0.2, 0.25) is 0 Å². The Bertz CT molecular complexity index is 151. The summed E-state index contributed by atoms with van der Waals surface area (Å²) in [6.45, 7) is 9.60. The average molecular weight is 152 g/mol. The van der Waals surface area contributed by atoms with Crippen molar-refractivity contribution >= 4 is 0 Å². The average Bonchev–Trinajstić information content (AvgIpc) is 2.04. The lowest BCUT2D eigenvalue weighted by molar-refractivity contribution is -0.0375. The molecule has 0 spiro atoms. The van der Waals surface area contributed by atoms with E-state index >= 15 is 0 Å². The zero-order valence-corrected chi connectivity index (χ0v) is 7.12. The van der Waals surface area contributed by atoms with E-state index in [1.807, 2.05) is 12.2 Å². The molecule has 0 aromatic carbocycles. The smallest absolute Gasteiger partial charge is 0.0757 e. The van der Waals surface area contributed by atoms with Crippen LogP contribution in [-0.4, -0.2) is 12.2 Å². The maximum atomic E-state index is 5.65. The van der Waals surface area contributed by atoms with Gasteiger partial charge in [-0.05, 0) is 19.8 Å². The third-order valence-corrected chi connectivity index (χ3v) is 2.34. The lowest BCUT2D eigenvalue weighted by Crippen LogP contribution is -2.30. The van der Waals surface area contributed by atoms with E-state index in [1.54, 1.807) is 0 Å². The molecule has 1 nitrogen and oxygen atoms in total. The predicted molar refractivity (Wildman–Crippen MR) is 47.5 cm³/mol. The highest BCUT2D eigenvalue weighted by Gasteiger charge is 2.23. The fourth-order valence-corrected chi connectivity index (χ4v) is 1.52. The van der Waals surface area contributed by atoms with Gasteiger partial charge in [-0.1, -0.05) is 12.2 Å². The Hall–Kier alpha value is -0.560. The van der Waals surface area contributed by atoms with E-state index in [0.29, 0.717) is 12.0 Å². The molecule has 0 unspecified atom stereocenters. The van der Waals surface area contributed by atoms with Crippen LogP contribution in [-0.2, 0) is 4.74 Å². The van der Waals surface area contributed by atoms with Gasteiger partial charge in [-0.3, -0.25) is 0 Å². The monoisotopic (exact) mass is 152 g/mol. The first kappa shape index (κ1) is 8.54. The van der Waals surface area contributed by atoms with Crippen molar-refractivity contribution in [2.45, 2.75) is 32.0 Å². The number of hydrogen-bond donors (Lipinski definition) is 0. The molecule has 1 saturated heterocycles. The second-order valence-electron chi connectivity index (χ2n) is 3.09. The molecule has 3 atom stereocenters. The van der Waals surface area contributed by atoms with Crippen LogP contribution in [0.5, 0.6) is 0 Å². The molecular formula is C10H16O. The van der Waals surface area contributed by atoms with E-state index in [0.717, 1.165) is 6.42 Å². The topological polar surface area (TPSA) is 9.23 Å². The number of hydrogen-bond acceptors (Lipinski definition) is 1. The lowest BCUT2D eigenvalue weighted by Gasteiger charge is -2.31. The lowest BCUT2D eigenvalue weighted by atomic mass is 9.93. The van der Waals surface area contributed by atoms with E-state index in [-0.39, 0.29) is 6.10 Å².